The molecule has 1 saturated heterocycles. The van der Waals surface area contributed by atoms with Crippen LogP contribution in [0.2, 0.25) is 0 Å². The number of ether oxygens (including phenoxy) is 1. The third kappa shape index (κ3) is 7.38. The van der Waals surface area contributed by atoms with Crippen LogP contribution in [0.25, 0.3) is 0 Å². The van der Waals surface area contributed by atoms with Crippen LogP contribution in [0, 0.1) is 11.6 Å². The Hall–Kier alpha value is -4.68. The normalized spacial score (nSPS) is 18.8. The van der Waals surface area contributed by atoms with Crippen molar-refractivity contribution in [3.8, 4) is 0 Å². The maximum Gasteiger partial charge on any atom is 0.431 e. The van der Waals surface area contributed by atoms with Gasteiger partial charge in [-0.15, -0.1) is 0 Å². The number of alkyl halides is 9. The number of hydrogen-bond acceptors (Lipinski definition) is 5. The van der Waals surface area contributed by atoms with Gasteiger partial charge in [0.05, 0.1) is 18.8 Å². The molecule has 19 heteroatoms. The van der Waals surface area contributed by atoms with Crippen molar-refractivity contribution in [1.29, 1.82) is 0 Å². The van der Waals surface area contributed by atoms with E-state index in [4.69, 9.17) is 4.74 Å². The molecule has 0 bridgehead atoms. The van der Waals surface area contributed by atoms with Crippen molar-refractivity contribution in [2.24, 2.45) is 7.05 Å². The number of anilines is 1. The van der Waals surface area contributed by atoms with Crippen molar-refractivity contribution < 1.29 is 67.7 Å². The zero-order chi connectivity index (χ0) is 37.8. The summed E-state index contributed by atoms with van der Waals surface area (Å²) in [6.45, 7) is -1.39. The number of fused-ring (bicyclic) bond motifs is 1. The number of carboxylic acids is 1. The second-order valence-corrected chi connectivity index (χ2v) is 12.0. The Bertz CT molecular complexity index is 1900. The predicted octanol–water partition coefficient (Wildman–Crippen LogP) is 5.97. The Morgan fingerprint density at radius 2 is 1.65 bits per heavy atom. The molecule has 0 spiro atoms. The molecule has 0 saturated carbocycles. The number of amides is 1. The number of nitrogens with one attached hydrogen (secondary N) is 1. The Morgan fingerprint density at radius 3 is 2.22 bits per heavy atom. The fraction of sp³-hybridized carbons (Fsp3) is 0.406. The first-order valence-electron chi connectivity index (χ1n) is 15.0. The molecule has 1 aliphatic heterocycles. The van der Waals surface area contributed by atoms with Crippen molar-refractivity contribution in [2.45, 2.75) is 55.8 Å². The van der Waals surface area contributed by atoms with Crippen molar-refractivity contribution in [3.63, 3.8) is 0 Å². The zero-order valence-corrected chi connectivity index (χ0v) is 26.1. The molecule has 1 aliphatic carbocycles. The van der Waals surface area contributed by atoms with Gasteiger partial charge >= 0.3 is 24.5 Å². The maximum absolute atomic E-state index is 15.1. The van der Waals surface area contributed by atoms with E-state index >= 15 is 8.78 Å². The van der Waals surface area contributed by atoms with E-state index in [2.05, 4.69) is 0 Å². The van der Waals surface area contributed by atoms with Gasteiger partial charge in [0.15, 0.2) is 0 Å². The predicted molar refractivity (Wildman–Crippen MR) is 155 cm³/mol. The van der Waals surface area contributed by atoms with Crippen LogP contribution < -0.4 is 15.8 Å². The molecule has 1 amide bonds. The van der Waals surface area contributed by atoms with Gasteiger partial charge in [-0.05, 0) is 47.7 Å². The SMILES string of the molecule is Cn1c(C(F)(F)F)cc(C(F)(F)F)c([C@H]2CCc3c(CC(NC(=O)c4c(F)cc(N5CCOC[C@@H]5C(F)(F)F)cc4F)C(=O)O)cccc32)c1=O. The van der Waals surface area contributed by atoms with E-state index < -0.39 is 107 Å². The number of morpholine rings is 1. The lowest BCUT2D eigenvalue weighted by Gasteiger charge is -2.38. The van der Waals surface area contributed by atoms with Crippen LogP contribution in [-0.2, 0) is 41.8 Å². The van der Waals surface area contributed by atoms with Crippen molar-refractivity contribution >= 4 is 17.6 Å². The second kappa shape index (κ2) is 13.5. The molecule has 276 valence electrons. The smallest absolute Gasteiger partial charge is 0.431 e. The molecular formula is C32H26F11N3O5. The molecule has 1 fully saturated rings. The molecule has 1 aromatic heterocycles. The summed E-state index contributed by atoms with van der Waals surface area (Å²) in [6, 6.07) is 0.670. The summed E-state index contributed by atoms with van der Waals surface area (Å²) in [4.78, 5) is 38.9. The molecule has 1 unspecified atom stereocenters. The summed E-state index contributed by atoms with van der Waals surface area (Å²) in [6.07, 6.45) is -16.3. The molecule has 51 heavy (non-hydrogen) atoms. The standard InChI is InChI=1S/C32H26F11N3O5/c1-45-23(31(38,39)40)12-19(30(35,36)37)25(28(45)48)18-6-5-16-14(3-2-4-17(16)18)9-22(29(49)50)44-27(47)26-20(33)10-15(11-21(26)34)46-7-8-51-13-24(46)32(41,42)43/h2-4,10-12,18,22,24H,5-9,13H2,1H3,(H,44,47)(H,49,50)/t18-,22?,24+/m0/s1. The van der Waals surface area contributed by atoms with E-state index in [9.17, 15) is 59.0 Å². The van der Waals surface area contributed by atoms with E-state index in [1.54, 1.807) is 0 Å². The van der Waals surface area contributed by atoms with Crippen molar-refractivity contribution in [1.82, 2.24) is 9.88 Å². The van der Waals surface area contributed by atoms with E-state index in [1.165, 1.54) is 18.2 Å². The van der Waals surface area contributed by atoms with Gasteiger partial charge in [0.2, 0.25) is 0 Å². The van der Waals surface area contributed by atoms with Gasteiger partial charge in [0, 0.05) is 37.2 Å². The van der Waals surface area contributed by atoms with Crippen LogP contribution in [0.1, 0.15) is 56.2 Å². The van der Waals surface area contributed by atoms with Crippen LogP contribution in [0.5, 0.6) is 0 Å². The van der Waals surface area contributed by atoms with Gasteiger partial charge in [-0.3, -0.25) is 9.59 Å². The molecule has 3 atom stereocenters. The van der Waals surface area contributed by atoms with Crippen LogP contribution in [0.15, 0.2) is 41.2 Å². The number of pyridine rings is 1. The number of carbonyl (C=O) groups excluding carboxylic acids is 1. The molecule has 3 aromatic rings. The third-order valence-corrected chi connectivity index (χ3v) is 8.90. The number of carbonyl (C=O) groups is 2. The Labute approximate surface area is 280 Å². The molecule has 2 N–H and O–H groups in total. The highest BCUT2D eigenvalue weighted by Crippen LogP contribution is 2.45. The van der Waals surface area contributed by atoms with Gasteiger partial charge in [-0.1, -0.05) is 18.2 Å². The van der Waals surface area contributed by atoms with E-state index in [0.717, 1.165) is 0 Å². The summed E-state index contributed by atoms with van der Waals surface area (Å²) in [5, 5.41) is 11.8. The molecule has 2 heterocycles. The number of rotatable bonds is 7. The molecule has 5 rings (SSSR count). The monoisotopic (exact) mass is 741 g/mol. The van der Waals surface area contributed by atoms with Gasteiger partial charge in [-0.25, -0.2) is 13.6 Å². The van der Waals surface area contributed by atoms with Crippen molar-refractivity contribution in [2.75, 3.05) is 24.7 Å². The summed E-state index contributed by atoms with van der Waals surface area (Å²) >= 11 is 0. The number of nitrogens with zero attached hydrogens (tertiary/aromatic N) is 2. The molecule has 8 nitrogen and oxygen atoms in total. The minimum Gasteiger partial charge on any atom is -0.480 e. The number of benzene rings is 2. The lowest BCUT2D eigenvalue weighted by molar-refractivity contribution is -0.167. The van der Waals surface area contributed by atoms with E-state index in [0.29, 0.717) is 24.1 Å². The largest absolute Gasteiger partial charge is 0.480 e. The number of carboxylic acid groups (broad SMARTS) is 1. The van der Waals surface area contributed by atoms with Crippen LogP contribution >= 0.6 is 0 Å². The fourth-order valence-corrected chi connectivity index (χ4v) is 6.56. The van der Waals surface area contributed by atoms with E-state index in [-0.39, 0.29) is 53.3 Å². The van der Waals surface area contributed by atoms with Crippen molar-refractivity contribution in [3.05, 3.63) is 97.5 Å². The Morgan fingerprint density at radius 1 is 1.00 bits per heavy atom. The first-order chi connectivity index (χ1) is 23.6. The molecule has 0 radical (unpaired) electrons. The highest BCUT2D eigenvalue weighted by Gasteiger charge is 2.46. The Kier molecular flexibility index (Phi) is 9.92. The average molecular weight is 742 g/mol. The third-order valence-electron chi connectivity index (χ3n) is 8.90. The number of hydrogen-bond donors (Lipinski definition) is 2. The summed E-state index contributed by atoms with van der Waals surface area (Å²) < 4.78 is 158. The highest BCUT2D eigenvalue weighted by atomic mass is 19.4. The first-order valence-corrected chi connectivity index (χ1v) is 15.0. The van der Waals surface area contributed by atoms with Gasteiger partial charge in [-0.2, -0.15) is 39.5 Å². The number of halogens is 11. The van der Waals surface area contributed by atoms with Gasteiger partial charge in [0.1, 0.15) is 35.0 Å². The lowest BCUT2D eigenvalue weighted by atomic mass is 9.88. The number of aromatic nitrogens is 1. The van der Waals surface area contributed by atoms with Gasteiger partial charge < -0.3 is 24.6 Å². The topological polar surface area (TPSA) is 101 Å². The second-order valence-electron chi connectivity index (χ2n) is 12.0. The summed E-state index contributed by atoms with van der Waals surface area (Å²) in [7, 11) is 0.683. The quantitative estimate of drug-likeness (QED) is 0.290. The minimum absolute atomic E-state index is 0.0525. The molecular weight excluding hydrogens is 715 g/mol. The maximum atomic E-state index is 15.1. The zero-order valence-electron chi connectivity index (χ0n) is 26.1. The Balaban J connectivity index is 1.44. The fourth-order valence-electron chi connectivity index (χ4n) is 6.56. The summed E-state index contributed by atoms with van der Waals surface area (Å²) in [5.41, 5.74) is -7.42. The minimum atomic E-state index is -5.35. The molecule has 2 aliphatic rings. The van der Waals surface area contributed by atoms with E-state index in [1.807, 2.05) is 5.32 Å². The van der Waals surface area contributed by atoms with Crippen LogP contribution in [-0.4, -0.2) is 59.6 Å². The number of aliphatic carboxylic acids is 1. The van der Waals surface area contributed by atoms with Crippen LogP contribution in [0.4, 0.5) is 54.0 Å². The van der Waals surface area contributed by atoms with Crippen LogP contribution in [0.3, 0.4) is 0 Å². The highest BCUT2D eigenvalue weighted by molar-refractivity contribution is 5.97. The lowest BCUT2D eigenvalue weighted by Crippen LogP contribution is -2.53. The first kappa shape index (κ1) is 37.6. The average Bonchev–Trinajstić information content (AvgIpc) is 3.44. The van der Waals surface area contributed by atoms with Gasteiger partial charge in [0.25, 0.3) is 11.5 Å². The summed E-state index contributed by atoms with van der Waals surface area (Å²) in [5.74, 6) is -7.82. The molecule has 2 aromatic carbocycles.